The third-order valence-corrected chi connectivity index (χ3v) is 9.94. The lowest BCUT2D eigenvalue weighted by Crippen LogP contribution is -2.39. The van der Waals surface area contributed by atoms with Gasteiger partial charge in [0, 0.05) is 0 Å². The molecule has 0 bridgehead atoms. The molecule has 0 aromatic rings. The molecular formula is C10H21Si2. The predicted octanol–water partition coefficient (Wildman–Crippen LogP) is 3.66. The summed E-state index contributed by atoms with van der Waals surface area (Å²) < 4.78 is 0. The van der Waals surface area contributed by atoms with Crippen molar-refractivity contribution in [2.24, 2.45) is 0 Å². The van der Waals surface area contributed by atoms with Gasteiger partial charge in [-0.1, -0.05) is 62.8 Å². The van der Waals surface area contributed by atoms with E-state index < -0.39 is 16.1 Å². The maximum atomic E-state index is 5.47. The molecule has 0 unspecified atom stereocenters. The molecule has 0 aromatic carbocycles. The average molecular weight is 197 g/mol. The Hall–Kier alpha value is -0.0862. The fourth-order valence-corrected chi connectivity index (χ4v) is 11.9. The van der Waals surface area contributed by atoms with Gasteiger partial charge in [-0.2, -0.15) is 0 Å². The van der Waals surface area contributed by atoms with Crippen LogP contribution in [-0.2, 0) is 0 Å². The fraction of sp³-hybridized carbons (Fsp3) is 0.600. The van der Waals surface area contributed by atoms with Crippen molar-refractivity contribution in [3.63, 3.8) is 0 Å². The van der Waals surface area contributed by atoms with E-state index in [4.69, 9.17) is 6.58 Å². The van der Waals surface area contributed by atoms with Gasteiger partial charge in [-0.05, 0) is 0 Å². The molecule has 0 amide bonds. The Bertz CT molecular complexity index is 173. The first-order valence-electron chi connectivity index (χ1n) is 4.46. The highest BCUT2D eigenvalue weighted by Crippen LogP contribution is 2.24. The predicted molar refractivity (Wildman–Crippen MR) is 63.6 cm³/mol. The van der Waals surface area contributed by atoms with Crippen LogP contribution in [0.15, 0.2) is 17.0 Å². The van der Waals surface area contributed by atoms with E-state index in [0.29, 0.717) is 0 Å². The fourth-order valence-electron chi connectivity index (χ4n) is 1.72. The molecule has 0 rings (SSSR count). The van der Waals surface area contributed by atoms with Gasteiger partial charge in [-0.3, -0.25) is 0 Å². The lowest BCUT2D eigenvalue weighted by Gasteiger charge is -2.31. The van der Waals surface area contributed by atoms with Crippen molar-refractivity contribution >= 4 is 16.1 Å². The molecule has 0 saturated heterocycles. The van der Waals surface area contributed by atoms with Gasteiger partial charge >= 0.3 is 0 Å². The summed E-state index contributed by atoms with van der Waals surface area (Å²) in [5, 5.41) is 0. The van der Waals surface area contributed by atoms with E-state index in [-0.39, 0.29) is 0 Å². The second-order valence-corrected chi connectivity index (χ2v) is 15.9. The first kappa shape index (κ1) is 11.9. The molecule has 0 aromatic heterocycles. The molecular weight excluding hydrogens is 176 g/mol. The van der Waals surface area contributed by atoms with Crippen LogP contribution in [0.2, 0.25) is 39.3 Å². The summed E-state index contributed by atoms with van der Waals surface area (Å²) >= 11 is 0. The zero-order chi connectivity index (χ0) is 9.99. The molecule has 0 aliphatic rings. The topological polar surface area (TPSA) is 0 Å². The zero-order valence-corrected chi connectivity index (χ0v) is 11.2. The van der Waals surface area contributed by atoms with Gasteiger partial charge in [0.2, 0.25) is 0 Å². The smallest absolute Gasteiger partial charge is 0.0682 e. The number of hydrogen-bond donors (Lipinski definition) is 0. The van der Waals surface area contributed by atoms with E-state index in [9.17, 15) is 0 Å². The van der Waals surface area contributed by atoms with Crippen molar-refractivity contribution in [2.75, 3.05) is 0 Å². The maximum Gasteiger partial charge on any atom is 0.0682 e. The normalized spacial score (nSPS) is 12.5. The Labute approximate surface area is 79.4 Å². The highest BCUT2D eigenvalue weighted by molar-refractivity contribution is 7.04. The molecule has 0 saturated carbocycles. The van der Waals surface area contributed by atoms with Crippen LogP contribution in [0.4, 0.5) is 0 Å². The molecule has 69 valence electrons. The largest absolute Gasteiger partial charge is 0.0912 e. The van der Waals surface area contributed by atoms with E-state index >= 15 is 0 Å². The van der Waals surface area contributed by atoms with E-state index in [0.717, 1.165) is 0 Å². The molecule has 0 heterocycles. The minimum absolute atomic E-state index is 1.13. The SMILES string of the molecule is [CH]=CC=C([Si](C)(C)C)[Si](C)(C)C. The Morgan fingerprint density at radius 1 is 0.917 bits per heavy atom. The second-order valence-electron chi connectivity index (χ2n) is 5.27. The van der Waals surface area contributed by atoms with Crippen molar-refractivity contribution in [1.82, 2.24) is 0 Å². The Morgan fingerprint density at radius 2 is 1.25 bits per heavy atom. The molecule has 0 N–H and O–H groups in total. The molecule has 0 fully saturated rings. The first-order valence-corrected chi connectivity index (χ1v) is 11.5. The summed E-state index contributed by atoms with van der Waals surface area (Å²) in [6, 6.07) is 0. The van der Waals surface area contributed by atoms with Crippen LogP contribution in [0.1, 0.15) is 0 Å². The minimum atomic E-state index is -1.13. The quantitative estimate of drug-likeness (QED) is 0.478. The summed E-state index contributed by atoms with van der Waals surface area (Å²) in [4.78, 5) is 1.66. The lowest BCUT2D eigenvalue weighted by atomic mass is 10.6. The molecule has 12 heavy (non-hydrogen) atoms. The third-order valence-electron chi connectivity index (χ3n) is 1.88. The van der Waals surface area contributed by atoms with Crippen molar-refractivity contribution < 1.29 is 0 Å². The van der Waals surface area contributed by atoms with Crippen LogP contribution in [0.5, 0.6) is 0 Å². The molecule has 0 nitrogen and oxygen atoms in total. The van der Waals surface area contributed by atoms with Gasteiger partial charge in [0.25, 0.3) is 0 Å². The van der Waals surface area contributed by atoms with Crippen LogP contribution in [0.25, 0.3) is 0 Å². The molecule has 0 atom stereocenters. The number of rotatable bonds is 3. The second kappa shape index (κ2) is 3.75. The summed E-state index contributed by atoms with van der Waals surface area (Å²) in [5.74, 6) is 0. The van der Waals surface area contributed by atoms with Gasteiger partial charge in [-0.25, -0.2) is 0 Å². The summed E-state index contributed by atoms with van der Waals surface area (Å²) in [7, 11) is -2.26. The third kappa shape index (κ3) is 3.54. The highest BCUT2D eigenvalue weighted by Gasteiger charge is 2.29. The Balaban J connectivity index is 4.95. The van der Waals surface area contributed by atoms with E-state index in [1.165, 1.54) is 0 Å². The number of allylic oxidation sites excluding steroid dienone is 2. The number of hydrogen-bond acceptors (Lipinski definition) is 0. The molecule has 0 spiro atoms. The molecule has 1 radical (unpaired) electrons. The Morgan fingerprint density at radius 3 is 1.33 bits per heavy atom. The summed E-state index contributed by atoms with van der Waals surface area (Å²) in [5.41, 5.74) is 0. The van der Waals surface area contributed by atoms with Crippen molar-refractivity contribution in [2.45, 2.75) is 39.3 Å². The van der Waals surface area contributed by atoms with Gasteiger partial charge in [0.05, 0.1) is 16.1 Å². The van der Waals surface area contributed by atoms with Crippen LogP contribution >= 0.6 is 0 Å². The standard InChI is InChI=1S/C10H21Si2/c1-8-9-10(11(2,3)4)12(5,6)7/h1,8-9H,2-7H3. The lowest BCUT2D eigenvalue weighted by molar-refractivity contribution is 1.62. The molecule has 0 aliphatic carbocycles. The Kier molecular flexibility index (Phi) is 3.72. The average Bonchev–Trinajstić information content (AvgIpc) is 1.77. The molecule has 2 heteroatoms. The first-order chi connectivity index (χ1) is 5.19. The van der Waals surface area contributed by atoms with E-state index in [1.807, 2.05) is 0 Å². The van der Waals surface area contributed by atoms with Gasteiger partial charge in [-0.15, -0.1) is 0 Å². The minimum Gasteiger partial charge on any atom is -0.0912 e. The molecule has 0 aliphatic heterocycles. The zero-order valence-electron chi connectivity index (χ0n) is 9.23. The highest BCUT2D eigenvalue weighted by atomic mass is 28.4. The van der Waals surface area contributed by atoms with Crippen LogP contribution in [-0.4, -0.2) is 16.1 Å². The van der Waals surface area contributed by atoms with E-state index in [1.54, 1.807) is 10.9 Å². The van der Waals surface area contributed by atoms with Gasteiger partial charge < -0.3 is 0 Å². The van der Waals surface area contributed by atoms with Gasteiger partial charge in [0.15, 0.2) is 0 Å². The van der Waals surface area contributed by atoms with Crippen LogP contribution in [0.3, 0.4) is 0 Å². The summed E-state index contributed by atoms with van der Waals surface area (Å²) in [6.45, 7) is 19.8. The van der Waals surface area contributed by atoms with Crippen molar-refractivity contribution in [3.05, 3.63) is 23.6 Å². The maximum absolute atomic E-state index is 5.47. The van der Waals surface area contributed by atoms with Gasteiger partial charge in [0.1, 0.15) is 0 Å². The summed E-state index contributed by atoms with van der Waals surface area (Å²) in [6.07, 6.45) is 3.85. The van der Waals surface area contributed by atoms with E-state index in [2.05, 4.69) is 45.4 Å². The monoisotopic (exact) mass is 197 g/mol. The van der Waals surface area contributed by atoms with Crippen LogP contribution < -0.4 is 0 Å². The van der Waals surface area contributed by atoms with Crippen molar-refractivity contribution in [1.29, 1.82) is 0 Å². The van der Waals surface area contributed by atoms with Crippen LogP contribution in [0, 0.1) is 6.58 Å². The van der Waals surface area contributed by atoms with Crippen molar-refractivity contribution in [3.8, 4) is 0 Å².